The highest BCUT2D eigenvalue weighted by Crippen LogP contribution is 2.28. The number of carbonyl (C=O) groups is 2. The predicted octanol–water partition coefficient (Wildman–Crippen LogP) is 4.34. The molecule has 0 saturated carbocycles. The van der Waals surface area contributed by atoms with Crippen molar-refractivity contribution in [1.29, 1.82) is 0 Å². The van der Waals surface area contributed by atoms with Gasteiger partial charge < -0.3 is 10.2 Å². The average molecular weight is 489 g/mol. The first-order chi connectivity index (χ1) is 16.3. The third kappa shape index (κ3) is 5.93. The van der Waals surface area contributed by atoms with Crippen LogP contribution in [-0.4, -0.2) is 51.8 Å². The van der Waals surface area contributed by atoms with Crippen LogP contribution < -0.4 is 5.32 Å². The number of hydrogen-bond donors (Lipinski definition) is 1. The predicted molar refractivity (Wildman–Crippen MR) is 124 cm³/mol. The van der Waals surface area contributed by atoms with Crippen LogP contribution in [0, 0.1) is 0 Å². The number of hydrogen-bond acceptors (Lipinski definition) is 4. The standard InChI is InChI=1S/C24H23F3N4O2S/c25-24(26,27)16-28-23(33)19-8-4-12-31(19)21(32)11-10-18-15-30(14-17-6-2-1-3-7-17)29-22(18)20-9-5-13-34-20/h1-3,5-7,9-11,13,15,19H,4,8,12,14,16H2,(H,28,33). The Morgan fingerprint density at radius 2 is 1.97 bits per heavy atom. The smallest absolute Gasteiger partial charge is 0.345 e. The van der Waals surface area contributed by atoms with Crippen molar-refractivity contribution >= 4 is 29.2 Å². The van der Waals surface area contributed by atoms with Gasteiger partial charge in [-0.25, -0.2) is 0 Å². The van der Waals surface area contributed by atoms with Crippen LogP contribution in [0.2, 0.25) is 0 Å². The fraction of sp³-hybridized carbons (Fsp3) is 0.292. The second-order valence-electron chi connectivity index (χ2n) is 7.95. The SMILES string of the molecule is O=C(NCC(F)(F)F)C1CCCN1C(=O)C=Cc1cn(Cc2ccccc2)nc1-c1cccs1. The van der Waals surface area contributed by atoms with Crippen molar-refractivity contribution in [2.45, 2.75) is 31.6 Å². The van der Waals surface area contributed by atoms with Crippen LogP contribution in [0.25, 0.3) is 16.6 Å². The molecule has 3 heterocycles. The molecule has 0 bridgehead atoms. The van der Waals surface area contributed by atoms with Gasteiger partial charge in [0.25, 0.3) is 0 Å². The van der Waals surface area contributed by atoms with Crippen LogP contribution in [0.3, 0.4) is 0 Å². The molecule has 3 aromatic rings. The Bertz CT molecular complexity index is 1160. The fourth-order valence-electron chi connectivity index (χ4n) is 3.88. The summed E-state index contributed by atoms with van der Waals surface area (Å²) in [6, 6.07) is 12.8. The van der Waals surface area contributed by atoms with Gasteiger partial charge in [0.15, 0.2) is 0 Å². The number of rotatable bonds is 7. The highest BCUT2D eigenvalue weighted by Gasteiger charge is 2.35. The first-order valence-electron chi connectivity index (χ1n) is 10.8. The Morgan fingerprint density at radius 1 is 1.18 bits per heavy atom. The van der Waals surface area contributed by atoms with Crippen molar-refractivity contribution in [2.24, 2.45) is 0 Å². The molecule has 178 valence electrons. The van der Waals surface area contributed by atoms with Gasteiger partial charge in [-0.05, 0) is 35.9 Å². The largest absolute Gasteiger partial charge is 0.405 e. The lowest BCUT2D eigenvalue weighted by molar-refractivity contribution is -0.143. The second kappa shape index (κ2) is 10.3. The maximum atomic E-state index is 12.8. The van der Waals surface area contributed by atoms with E-state index in [4.69, 9.17) is 5.10 Å². The molecule has 0 radical (unpaired) electrons. The summed E-state index contributed by atoms with van der Waals surface area (Å²) >= 11 is 1.53. The lowest BCUT2D eigenvalue weighted by atomic mass is 10.2. The van der Waals surface area contributed by atoms with E-state index in [9.17, 15) is 22.8 Å². The van der Waals surface area contributed by atoms with Crippen LogP contribution in [0.5, 0.6) is 0 Å². The summed E-state index contributed by atoms with van der Waals surface area (Å²) in [4.78, 5) is 27.3. The summed E-state index contributed by atoms with van der Waals surface area (Å²) in [5.41, 5.74) is 2.55. The summed E-state index contributed by atoms with van der Waals surface area (Å²) in [6.07, 6.45) is 1.24. The van der Waals surface area contributed by atoms with Crippen LogP contribution in [0.15, 0.2) is 60.1 Å². The molecule has 0 spiro atoms. The van der Waals surface area contributed by atoms with Gasteiger partial charge in [-0.15, -0.1) is 11.3 Å². The third-order valence-corrected chi connectivity index (χ3v) is 6.32. The summed E-state index contributed by atoms with van der Waals surface area (Å²) < 4.78 is 39.1. The minimum absolute atomic E-state index is 0.318. The van der Waals surface area contributed by atoms with Crippen LogP contribution in [-0.2, 0) is 16.1 Å². The van der Waals surface area contributed by atoms with Gasteiger partial charge in [0, 0.05) is 24.4 Å². The topological polar surface area (TPSA) is 67.2 Å². The van der Waals surface area contributed by atoms with Crippen molar-refractivity contribution in [1.82, 2.24) is 20.0 Å². The number of alkyl halides is 3. The Labute approximate surface area is 198 Å². The van der Waals surface area contributed by atoms with Crippen LogP contribution in [0.4, 0.5) is 13.2 Å². The van der Waals surface area contributed by atoms with Gasteiger partial charge in [-0.2, -0.15) is 18.3 Å². The molecule has 2 amide bonds. The quantitative estimate of drug-likeness (QED) is 0.503. The molecule has 1 aromatic carbocycles. The van der Waals surface area contributed by atoms with Crippen molar-refractivity contribution in [3.8, 4) is 10.6 Å². The monoisotopic (exact) mass is 488 g/mol. The van der Waals surface area contributed by atoms with E-state index >= 15 is 0 Å². The molecule has 6 nitrogen and oxygen atoms in total. The summed E-state index contributed by atoms with van der Waals surface area (Å²) in [7, 11) is 0. The molecule has 1 atom stereocenters. The lowest BCUT2D eigenvalue weighted by Crippen LogP contribution is -2.47. The van der Waals surface area contributed by atoms with Gasteiger partial charge in [-0.1, -0.05) is 36.4 Å². The molecule has 2 aromatic heterocycles. The van der Waals surface area contributed by atoms with Crippen LogP contribution >= 0.6 is 11.3 Å². The number of nitrogens with zero attached hydrogens (tertiary/aromatic N) is 3. The molecule has 1 fully saturated rings. The molecule has 1 aliphatic heterocycles. The minimum Gasteiger partial charge on any atom is -0.345 e. The molecule has 1 saturated heterocycles. The molecular weight excluding hydrogens is 465 g/mol. The zero-order chi connectivity index (χ0) is 24.1. The first kappa shape index (κ1) is 23.7. The molecule has 1 N–H and O–H groups in total. The molecule has 0 aliphatic carbocycles. The Balaban J connectivity index is 1.50. The Hall–Kier alpha value is -3.40. The summed E-state index contributed by atoms with van der Waals surface area (Å²) in [5.74, 6) is -1.20. The van der Waals surface area contributed by atoms with E-state index in [1.807, 2.05) is 59.4 Å². The maximum absolute atomic E-state index is 12.8. The maximum Gasteiger partial charge on any atom is 0.405 e. The van der Waals surface area contributed by atoms with Gasteiger partial charge >= 0.3 is 6.18 Å². The van der Waals surface area contributed by atoms with Crippen LogP contribution in [0.1, 0.15) is 24.0 Å². The normalized spacial score (nSPS) is 16.3. The van der Waals surface area contributed by atoms with Gasteiger partial charge in [0.1, 0.15) is 18.3 Å². The highest BCUT2D eigenvalue weighted by atomic mass is 32.1. The zero-order valence-corrected chi connectivity index (χ0v) is 19.0. The van der Waals surface area contributed by atoms with E-state index in [1.54, 1.807) is 10.8 Å². The molecule has 34 heavy (non-hydrogen) atoms. The third-order valence-electron chi connectivity index (χ3n) is 5.44. The molecule has 1 unspecified atom stereocenters. The van der Waals surface area contributed by atoms with E-state index in [0.29, 0.717) is 25.9 Å². The molecule has 1 aliphatic rings. The van der Waals surface area contributed by atoms with Gasteiger partial charge in [0.05, 0.1) is 11.4 Å². The van der Waals surface area contributed by atoms with Crippen molar-refractivity contribution in [3.63, 3.8) is 0 Å². The number of benzene rings is 1. The van der Waals surface area contributed by atoms with Crippen molar-refractivity contribution < 1.29 is 22.8 Å². The van der Waals surface area contributed by atoms with E-state index < -0.39 is 30.6 Å². The Morgan fingerprint density at radius 3 is 2.68 bits per heavy atom. The van der Waals surface area contributed by atoms with Gasteiger partial charge in [-0.3, -0.25) is 14.3 Å². The summed E-state index contributed by atoms with van der Waals surface area (Å²) in [5, 5.41) is 8.52. The second-order valence-corrected chi connectivity index (χ2v) is 8.90. The summed E-state index contributed by atoms with van der Waals surface area (Å²) in [6.45, 7) is -0.530. The number of likely N-dealkylation sites (tertiary alicyclic amines) is 1. The first-order valence-corrected chi connectivity index (χ1v) is 11.7. The van der Waals surface area contributed by atoms with E-state index in [1.165, 1.54) is 22.3 Å². The van der Waals surface area contributed by atoms with E-state index in [-0.39, 0.29) is 0 Å². The highest BCUT2D eigenvalue weighted by molar-refractivity contribution is 7.13. The minimum atomic E-state index is -4.50. The molecular formula is C24H23F3N4O2S. The average Bonchev–Trinajstić information content (AvgIpc) is 3.56. The van der Waals surface area contributed by atoms with Crippen molar-refractivity contribution in [2.75, 3.05) is 13.1 Å². The molecule has 4 rings (SSSR count). The Kier molecular flexibility index (Phi) is 7.16. The van der Waals surface area contributed by atoms with Crippen molar-refractivity contribution in [3.05, 3.63) is 71.2 Å². The number of thiophene rings is 1. The van der Waals surface area contributed by atoms with E-state index in [0.717, 1.165) is 21.7 Å². The number of nitrogens with one attached hydrogen (secondary N) is 1. The fourth-order valence-corrected chi connectivity index (χ4v) is 4.61. The lowest BCUT2D eigenvalue weighted by Gasteiger charge is -2.23. The van der Waals surface area contributed by atoms with E-state index in [2.05, 4.69) is 0 Å². The number of aromatic nitrogens is 2. The number of amides is 2. The molecule has 10 heteroatoms. The number of halogens is 3. The number of carbonyl (C=O) groups excluding carboxylic acids is 2. The van der Waals surface area contributed by atoms with Gasteiger partial charge in [0.2, 0.25) is 11.8 Å². The zero-order valence-electron chi connectivity index (χ0n) is 18.2.